The fourth-order valence-corrected chi connectivity index (χ4v) is 3.08. The smallest absolute Gasteiger partial charge is 0.110 e. The molecular weight excluding hydrogens is 234 g/mol. The molecule has 0 aliphatic carbocycles. The van der Waals surface area contributed by atoms with Crippen LogP contribution in [-0.4, -0.2) is 28.5 Å². The number of rotatable bonds is 3. The van der Waals surface area contributed by atoms with Crippen LogP contribution in [0.1, 0.15) is 25.3 Å². The molecule has 19 heavy (non-hydrogen) atoms. The molecule has 2 aromatic rings. The molecule has 0 amide bonds. The van der Waals surface area contributed by atoms with Crippen LogP contribution in [0.3, 0.4) is 0 Å². The average molecular weight is 253 g/mol. The Labute approximate surface area is 113 Å². The van der Waals surface area contributed by atoms with Crippen LogP contribution in [0.25, 0.3) is 10.9 Å². The van der Waals surface area contributed by atoms with Crippen LogP contribution in [0.2, 0.25) is 0 Å². The minimum absolute atomic E-state index is 0.387. The number of hydrogen-bond acceptors (Lipinski definition) is 2. The normalized spacial score (nSPS) is 19.4. The van der Waals surface area contributed by atoms with Crippen molar-refractivity contribution in [2.24, 2.45) is 0 Å². The summed E-state index contributed by atoms with van der Waals surface area (Å²) in [6.07, 6.45) is 5.26. The summed E-state index contributed by atoms with van der Waals surface area (Å²) in [4.78, 5) is 5.63. The van der Waals surface area contributed by atoms with Crippen molar-refractivity contribution >= 4 is 10.9 Å². The standard InChI is InChI=1S/C16H19N3/c1-16(12-17,19-8-4-5-9-19)10-13-11-18-15-7-3-2-6-14(13)15/h2-3,6-7,11,18H,4-5,8-10H2,1H3. The lowest BCUT2D eigenvalue weighted by molar-refractivity contribution is 0.192. The Balaban J connectivity index is 1.92. The number of benzene rings is 1. The van der Waals surface area contributed by atoms with Crippen molar-refractivity contribution in [2.45, 2.75) is 31.7 Å². The number of fused-ring (bicyclic) bond motifs is 1. The first-order valence-corrected chi connectivity index (χ1v) is 6.94. The molecule has 1 atom stereocenters. The molecule has 1 unspecified atom stereocenters. The third kappa shape index (κ3) is 2.13. The Morgan fingerprint density at radius 3 is 2.79 bits per heavy atom. The quantitative estimate of drug-likeness (QED) is 0.913. The van der Waals surface area contributed by atoms with Gasteiger partial charge in [-0.1, -0.05) is 18.2 Å². The molecule has 3 heteroatoms. The van der Waals surface area contributed by atoms with Gasteiger partial charge in [-0.05, 0) is 44.5 Å². The molecular formula is C16H19N3. The minimum Gasteiger partial charge on any atom is -0.361 e. The van der Waals surface area contributed by atoms with Crippen molar-refractivity contribution in [1.29, 1.82) is 5.26 Å². The Bertz CT molecular complexity index is 616. The lowest BCUT2D eigenvalue weighted by Gasteiger charge is -2.32. The number of aromatic amines is 1. The van der Waals surface area contributed by atoms with Gasteiger partial charge in [-0.25, -0.2) is 0 Å². The van der Waals surface area contributed by atoms with Gasteiger partial charge in [0.1, 0.15) is 5.54 Å². The molecule has 98 valence electrons. The van der Waals surface area contributed by atoms with Crippen molar-refractivity contribution < 1.29 is 0 Å². The van der Waals surface area contributed by atoms with Gasteiger partial charge in [0.05, 0.1) is 6.07 Å². The van der Waals surface area contributed by atoms with Crippen LogP contribution in [-0.2, 0) is 6.42 Å². The second-order valence-corrected chi connectivity index (χ2v) is 5.62. The molecule has 1 aliphatic heterocycles. The highest BCUT2D eigenvalue weighted by atomic mass is 15.2. The van der Waals surface area contributed by atoms with E-state index in [1.807, 2.05) is 6.07 Å². The van der Waals surface area contributed by atoms with Crippen molar-refractivity contribution in [3.8, 4) is 6.07 Å². The summed E-state index contributed by atoms with van der Waals surface area (Å²) in [6, 6.07) is 10.8. The summed E-state index contributed by atoms with van der Waals surface area (Å²) in [7, 11) is 0. The number of likely N-dealkylation sites (tertiary alicyclic amines) is 1. The Morgan fingerprint density at radius 1 is 1.32 bits per heavy atom. The average Bonchev–Trinajstić information content (AvgIpc) is 3.09. The zero-order valence-electron chi connectivity index (χ0n) is 11.3. The summed E-state index contributed by atoms with van der Waals surface area (Å²) in [5.41, 5.74) is 2.01. The highest BCUT2D eigenvalue weighted by Gasteiger charge is 2.34. The lowest BCUT2D eigenvalue weighted by atomic mass is 9.92. The monoisotopic (exact) mass is 253 g/mol. The van der Waals surface area contributed by atoms with Crippen LogP contribution in [0, 0.1) is 11.3 Å². The first-order chi connectivity index (χ1) is 9.23. The number of nitrogens with one attached hydrogen (secondary N) is 1. The van der Waals surface area contributed by atoms with E-state index in [9.17, 15) is 5.26 Å². The van der Waals surface area contributed by atoms with E-state index in [4.69, 9.17) is 0 Å². The molecule has 0 spiro atoms. The van der Waals surface area contributed by atoms with Crippen molar-refractivity contribution in [3.63, 3.8) is 0 Å². The maximum atomic E-state index is 9.61. The third-order valence-corrected chi connectivity index (χ3v) is 4.25. The van der Waals surface area contributed by atoms with E-state index in [1.165, 1.54) is 23.8 Å². The minimum atomic E-state index is -0.387. The molecule has 0 saturated carbocycles. The summed E-state index contributed by atoms with van der Waals surface area (Å²) in [5.74, 6) is 0. The third-order valence-electron chi connectivity index (χ3n) is 4.25. The fraction of sp³-hybridized carbons (Fsp3) is 0.438. The summed E-state index contributed by atoms with van der Waals surface area (Å²) >= 11 is 0. The number of para-hydroxylation sites is 1. The number of aromatic nitrogens is 1. The summed E-state index contributed by atoms with van der Waals surface area (Å²) in [5, 5.41) is 10.9. The maximum Gasteiger partial charge on any atom is 0.110 e. The highest BCUT2D eigenvalue weighted by molar-refractivity contribution is 5.83. The predicted molar refractivity (Wildman–Crippen MR) is 76.8 cm³/mol. The molecule has 3 rings (SSSR count). The van der Waals surface area contributed by atoms with Gasteiger partial charge in [0.2, 0.25) is 0 Å². The second kappa shape index (κ2) is 4.71. The van der Waals surface area contributed by atoms with Crippen molar-refractivity contribution in [2.75, 3.05) is 13.1 Å². The summed E-state index contributed by atoms with van der Waals surface area (Å²) in [6.45, 7) is 4.17. The Morgan fingerprint density at radius 2 is 2.05 bits per heavy atom. The zero-order chi connectivity index (χ0) is 13.3. The molecule has 0 radical (unpaired) electrons. The van der Waals surface area contributed by atoms with Gasteiger partial charge in [0.15, 0.2) is 0 Å². The van der Waals surface area contributed by atoms with E-state index in [0.717, 1.165) is 25.0 Å². The van der Waals surface area contributed by atoms with Gasteiger partial charge >= 0.3 is 0 Å². The molecule has 3 nitrogen and oxygen atoms in total. The molecule has 1 saturated heterocycles. The van der Waals surface area contributed by atoms with Gasteiger partial charge in [0, 0.05) is 23.5 Å². The van der Waals surface area contributed by atoms with Gasteiger partial charge in [-0.2, -0.15) is 5.26 Å². The van der Waals surface area contributed by atoms with Gasteiger partial charge in [-0.15, -0.1) is 0 Å². The Hall–Kier alpha value is -1.79. The first kappa shape index (κ1) is 12.3. The van der Waals surface area contributed by atoms with Gasteiger partial charge in [-0.3, -0.25) is 4.90 Å². The van der Waals surface area contributed by atoms with E-state index in [2.05, 4.69) is 47.3 Å². The molecule has 0 bridgehead atoms. The highest BCUT2D eigenvalue weighted by Crippen LogP contribution is 2.28. The lowest BCUT2D eigenvalue weighted by Crippen LogP contribution is -2.45. The number of nitrogens with zero attached hydrogens (tertiary/aromatic N) is 2. The van der Waals surface area contributed by atoms with Crippen molar-refractivity contribution in [3.05, 3.63) is 36.0 Å². The fourth-order valence-electron chi connectivity index (χ4n) is 3.08. The van der Waals surface area contributed by atoms with Crippen LogP contribution in [0.4, 0.5) is 0 Å². The van der Waals surface area contributed by atoms with Crippen LogP contribution >= 0.6 is 0 Å². The number of hydrogen-bond donors (Lipinski definition) is 1. The molecule has 1 aromatic heterocycles. The van der Waals surface area contributed by atoms with E-state index in [1.54, 1.807) is 0 Å². The zero-order valence-corrected chi connectivity index (χ0v) is 11.3. The second-order valence-electron chi connectivity index (χ2n) is 5.62. The predicted octanol–water partition coefficient (Wildman–Crippen LogP) is 3.09. The largest absolute Gasteiger partial charge is 0.361 e. The molecule has 2 heterocycles. The van der Waals surface area contributed by atoms with Crippen molar-refractivity contribution in [1.82, 2.24) is 9.88 Å². The molecule has 1 aromatic carbocycles. The first-order valence-electron chi connectivity index (χ1n) is 6.94. The summed E-state index contributed by atoms with van der Waals surface area (Å²) < 4.78 is 0. The molecule has 1 aliphatic rings. The number of nitriles is 1. The maximum absolute atomic E-state index is 9.61. The number of H-pyrrole nitrogens is 1. The van der Waals surface area contributed by atoms with E-state index in [0.29, 0.717) is 0 Å². The van der Waals surface area contributed by atoms with Crippen LogP contribution < -0.4 is 0 Å². The molecule has 1 fully saturated rings. The van der Waals surface area contributed by atoms with E-state index in [-0.39, 0.29) is 5.54 Å². The van der Waals surface area contributed by atoms with Crippen LogP contribution in [0.5, 0.6) is 0 Å². The van der Waals surface area contributed by atoms with Gasteiger partial charge in [0.25, 0.3) is 0 Å². The van der Waals surface area contributed by atoms with Crippen LogP contribution in [0.15, 0.2) is 30.5 Å². The SMILES string of the molecule is CC(C#N)(Cc1c[nH]c2ccccc12)N1CCCC1. The van der Waals surface area contributed by atoms with E-state index < -0.39 is 0 Å². The van der Waals surface area contributed by atoms with Gasteiger partial charge < -0.3 is 4.98 Å². The topological polar surface area (TPSA) is 42.8 Å². The Kier molecular flexibility index (Phi) is 3.04. The molecule has 1 N–H and O–H groups in total. The van der Waals surface area contributed by atoms with E-state index >= 15 is 0 Å².